The van der Waals surface area contributed by atoms with Gasteiger partial charge in [-0.05, 0) is 43.2 Å². The van der Waals surface area contributed by atoms with E-state index in [1.807, 2.05) is 48.2 Å². The molecule has 0 saturated carbocycles. The standard InChI is InChI=1S/C24H30N4O3/c1-3-19-6-10-21(11-7-19)26-23(30)22(29)25-12-13-27-14-16-28(17-15-27)24(31)20-8-4-18(2)5-9-20/h4-11H,3,12-17H2,1-2H3,(H,25,29)(H,26,30)/p+1. The molecule has 3 amide bonds. The van der Waals surface area contributed by atoms with Crippen LogP contribution in [0, 0.1) is 6.92 Å². The molecule has 2 aromatic rings. The minimum Gasteiger partial charge on any atom is -0.342 e. The van der Waals surface area contributed by atoms with Crippen molar-refractivity contribution in [1.29, 1.82) is 0 Å². The highest BCUT2D eigenvalue weighted by molar-refractivity contribution is 6.39. The Labute approximate surface area is 183 Å². The molecular weight excluding hydrogens is 392 g/mol. The molecule has 2 aromatic carbocycles. The first-order valence-electron chi connectivity index (χ1n) is 10.8. The molecule has 0 radical (unpaired) electrons. The number of carbonyl (C=O) groups is 3. The van der Waals surface area contributed by atoms with Gasteiger partial charge in [0.2, 0.25) is 0 Å². The Kier molecular flexibility index (Phi) is 7.78. The number of piperazine rings is 1. The third-order valence-corrected chi connectivity index (χ3v) is 5.65. The summed E-state index contributed by atoms with van der Waals surface area (Å²) in [5, 5.41) is 5.30. The van der Waals surface area contributed by atoms with Gasteiger partial charge < -0.3 is 20.4 Å². The van der Waals surface area contributed by atoms with Crippen LogP contribution in [0.15, 0.2) is 48.5 Å². The van der Waals surface area contributed by atoms with Crippen molar-refractivity contribution in [3.63, 3.8) is 0 Å². The smallest absolute Gasteiger partial charge is 0.313 e. The van der Waals surface area contributed by atoms with Gasteiger partial charge in [0.05, 0.1) is 39.3 Å². The Balaban J connectivity index is 1.36. The van der Waals surface area contributed by atoms with E-state index in [1.54, 1.807) is 12.1 Å². The van der Waals surface area contributed by atoms with E-state index < -0.39 is 11.8 Å². The van der Waals surface area contributed by atoms with Crippen LogP contribution < -0.4 is 15.5 Å². The Bertz CT molecular complexity index is 901. The number of nitrogens with zero attached hydrogens (tertiary/aromatic N) is 1. The largest absolute Gasteiger partial charge is 0.342 e. The molecule has 3 N–H and O–H groups in total. The van der Waals surface area contributed by atoms with Crippen LogP contribution in [0.4, 0.5) is 5.69 Å². The van der Waals surface area contributed by atoms with E-state index in [0.29, 0.717) is 25.3 Å². The van der Waals surface area contributed by atoms with Crippen LogP contribution in [0.25, 0.3) is 0 Å². The van der Waals surface area contributed by atoms with E-state index in [-0.39, 0.29) is 5.91 Å². The van der Waals surface area contributed by atoms with Crippen LogP contribution in [-0.2, 0) is 16.0 Å². The van der Waals surface area contributed by atoms with Crippen LogP contribution in [0.1, 0.15) is 28.4 Å². The summed E-state index contributed by atoms with van der Waals surface area (Å²) in [6.45, 7) is 8.22. The maximum atomic E-state index is 12.6. The second-order valence-corrected chi connectivity index (χ2v) is 7.92. The monoisotopic (exact) mass is 423 g/mol. The van der Waals surface area contributed by atoms with E-state index in [9.17, 15) is 14.4 Å². The number of nitrogens with one attached hydrogen (secondary N) is 3. The van der Waals surface area contributed by atoms with E-state index in [1.165, 1.54) is 10.5 Å². The third-order valence-electron chi connectivity index (χ3n) is 5.65. The molecule has 31 heavy (non-hydrogen) atoms. The molecule has 0 aliphatic carbocycles. The second kappa shape index (κ2) is 10.7. The highest BCUT2D eigenvalue weighted by Gasteiger charge is 2.24. The fourth-order valence-electron chi connectivity index (χ4n) is 3.60. The van der Waals surface area contributed by atoms with Crippen molar-refractivity contribution in [3.05, 3.63) is 65.2 Å². The average Bonchev–Trinajstić information content (AvgIpc) is 2.80. The zero-order valence-electron chi connectivity index (χ0n) is 18.2. The van der Waals surface area contributed by atoms with Gasteiger partial charge in [0.1, 0.15) is 0 Å². The predicted molar refractivity (Wildman–Crippen MR) is 120 cm³/mol. The van der Waals surface area contributed by atoms with E-state index >= 15 is 0 Å². The van der Waals surface area contributed by atoms with Crippen LogP contribution in [-0.4, -0.2) is 61.9 Å². The van der Waals surface area contributed by atoms with Crippen molar-refractivity contribution in [2.45, 2.75) is 20.3 Å². The van der Waals surface area contributed by atoms with Gasteiger partial charge in [0, 0.05) is 11.3 Å². The zero-order chi connectivity index (χ0) is 22.2. The normalized spacial score (nSPS) is 14.2. The molecule has 0 aromatic heterocycles. The Morgan fingerprint density at radius 2 is 1.58 bits per heavy atom. The van der Waals surface area contributed by atoms with E-state index in [4.69, 9.17) is 0 Å². The molecule has 1 aliphatic rings. The van der Waals surface area contributed by atoms with Gasteiger partial charge in [0.15, 0.2) is 0 Å². The lowest BCUT2D eigenvalue weighted by Crippen LogP contribution is -3.15. The summed E-state index contributed by atoms with van der Waals surface area (Å²) in [5.41, 5.74) is 3.64. The van der Waals surface area contributed by atoms with Gasteiger partial charge in [-0.3, -0.25) is 14.4 Å². The Hall–Kier alpha value is -3.19. The maximum Gasteiger partial charge on any atom is 0.313 e. The maximum absolute atomic E-state index is 12.6. The van der Waals surface area contributed by atoms with Crippen LogP contribution in [0.2, 0.25) is 0 Å². The van der Waals surface area contributed by atoms with Gasteiger partial charge in [-0.2, -0.15) is 0 Å². The van der Waals surface area contributed by atoms with Gasteiger partial charge in [-0.1, -0.05) is 36.8 Å². The summed E-state index contributed by atoms with van der Waals surface area (Å²) in [4.78, 5) is 39.9. The van der Waals surface area contributed by atoms with Crippen molar-refractivity contribution in [2.75, 3.05) is 44.6 Å². The van der Waals surface area contributed by atoms with Crippen molar-refractivity contribution in [3.8, 4) is 0 Å². The molecule has 0 atom stereocenters. The summed E-state index contributed by atoms with van der Waals surface area (Å²) in [6, 6.07) is 15.1. The number of aryl methyl sites for hydroxylation is 2. The second-order valence-electron chi connectivity index (χ2n) is 7.92. The van der Waals surface area contributed by atoms with Crippen molar-refractivity contribution in [1.82, 2.24) is 10.2 Å². The lowest BCUT2D eigenvalue weighted by molar-refractivity contribution is -0.902. The summed E-state index contributed by atoms with van der Waals surface area (Å²) >= 11 is 0. The van der Waals surface area contributed by atoms with Crippen LogP contribution in [0.3, 0.4) is 0 Å². The minimum atomic E-state index is -0.659. The quantitative estimate of drug-likeness (QED) is 0.597. The molecule has 1 saturated heterocycles. The molecule has 1 heterocycles. The SMILES string of the molecule is CCc1ccc(NC(=O)C(=O)NCC[NH+]2CCN(C(=O)c3ccc(C)cc3)CC2)cc1. The van der Waals surface area contributed by atoms with Crippen molar-refractivity contribution >= 4 is 23.4 Å². The lowest BCUT2D eigenvalue weighted by Gasteiger charge is -2.32. The highest BCUT2D eigenvalue weighted by Crippen LogP contribution is 2.10. The average molecular weight is 424 g/mol. The van der Waals surface area contributed by atoms with Gasteiger partial charge in [-0.15, -0.1) is 0 Å². The number of rotatable bonds is 6. The molecule has 1 fully saturated rings. The van der Waals surface area contributed by atoms with Crippen molar-refractivity contribution < 1.29 is 19.3 Å². The van der Waals surface area contributed by atoms with Crippen molar-refractivity contribution in [2.24, 2.45) is 0 Å². The summed E-state index contributed by atoms with van der Waals surface area (Å²) in [6.07, 6.45) is 0.922. The number of benzene rings is 2. The number of carbonyl (C=O) groups excluding carboxylic acids is 3. The van der Waals surface area contributed by atoms with Gasteiger partial charge in [0.25, 0.3) is 5.91 Å². The number of amides is 3. The first-order valence-corrected chi connectivity index (χ1v) is 10.8. The van der Waals surface area contributed by atoms with E-state index in [0.717, 1.165) is 37.2 Å². The molecule has 3 rings (SSSR count). The fraction of sp³-hybridized carbons (Fsp3) is 0.375. The Morgan fingerprint density at radius 3 is 2.19 bits per heavy atom. The number of anilines is 1. The Morgan fingerprint density at radius 1 is 0.935 bits per heavy atom. The minimum absolute atomic E-state index is 0.0657. The van der Waals surface area contributed by atoms with Gasteiger partial charge >= 0.3 is 11.8 Å². The summed E-state index contributed by atoms with van der Waals surface area (Å²) in [5.74, 6) is -1.23. The molecule has 0 unspecified atom stereocenters. The topological polar surface area (TPSA) is 82.9 Å². The first-order chi connectivity index (χ1) is 15.0. The molecule has 1 aliphatic heterocycles. The number of hydrogen-bond acceptors (Lipinski definition) is 3. The molecule has 0 spiro atoms. The molecular formula is C24H31N4O3+. The fourth-order valence-corrected chi connectivity index (χ4v) is 3.60. The predicted octanol–water partition coefficient (Wildman–Crippen LogP) is 0.653. The number of hydrogen-bond donors (Lipinski definition) is 3. The lowest BCUT2D eigenvalue weighted by atomic mass is 10.1. The van der Waals surface area contributed by atoms with Crippen LogP contribution in [0.5, 0.6) is 0 Å². The van der Waals surface area contributed by atoms with Gasteiger partial charge in [-0.25, -0.2) is 0 Å². The molecule has 0 bridgehead atoms. The molecule has 7 heteroatoms. The zero-order valence-corrected chi connectivity index (χ0v) is 18.2. The first kappa shape index (κ1) is 22.5. The third kappa shape index (κ3) is 6.39. The molecule has 164 valence electrons. The summed E-state index contributed by atoms with van der Waals surface area (Å²) in [7, 11) is 0. The number of quaternary nitrogens is 1. The molecule has 7 nitrogen and oxygen atoms in total. The van der Waals surface area contributed by atoms with E-state index in [2.05, 4.69) is 17.6 Å². The van der Waals surface area contributed by atoms with Crippen LogP contribution >= 0.6 is 0 Å². The summed E-state index contributed by atoms with van der Waals surface area (Å²) < 4.78 is 0. The highest BCUT2D eigenvalue weighted by atomic mass is 16.2.